The molecule has 0 bridgehead atoms. The van der Waals surface area contributed by atoms with Crippen LogP contribution in [0.2, 0.25) is 0 Å². The highest BCUT2D eigenvalue weighted by Gasteiger charge is 2.20. The Hall–Kier alpha value is -7.50. The van der Waals surface area contributed by atoms with Gasteiger partial charge in [-0.2, -0.15) is 0 Å². The molecule has 5 nitrogen and oxygen atoms in total. The van der Waals surface area contributed by atoms with Crippen LogP contribution in [0.3, 0.4) is 0 Å². The van der Waals surface area contributed by atoms with Crippen LogP contribution in [-0.2, 0) is 0 Å². The lowest BCUT2D eigenvalue weighted by molar-refractivity contribution is 1.08. The maximum atomic E-state index is 5.40. The molecule has 5 heterocycles. The highest BCUT2D eigenvalue weighted by molar-refractivity contribution is 6.21. The van der Waals surface area contributed by atoms with Crippen LogP contribution in [0.15, 0.2) is 189 Å². The minimum absolute atomic E-state index is 0.839. The van der Waals surface area contributed by atoms with Gasteiger partial charge in [0.2, 0.25) is 0 Å². The first-order valence-electron chi connectivity index (χ1n) is 18.4. The van der Waals surface area contributed by atoms with Crippen molar-refractivity contribution in [1.82, 2.24) is 24.5 Å². The van der Waals surface area contributed by atoms with E-state index in [1.165, 1.54) is 38.1 Å². The second-order valence-corrected chi connectivity index (χ2v) is 13.9. The van der Waals surface area contributed by atoms with Crippen LogP contribution >= 0.6 is 0 Å². The first kappa shape index (κ1) is 31.1. The fourth-order valence-corrected chi connectivity index (χ4v) is 8.30. The number of benzene rings is 6. The van der Waals surface area contributed by atoms with Crippen molar-refractivity contribution in [3.05, 3.63) is 189 Å². The summed E-state index contributed by atoms with van der Waals surface area (Å²) in [5.41, 5.74) is 10.4. The fourth-order valence-electron chi connectivity index (χ4n) is 8.30. The lowest BCUT2D eigenvalue weighted by Crippen LogP contribution is -1.98. The Morgan fingerprint density at radius 1 is 0.364 bits per heavy atom. The van der Waals surface area contributed by atoms with Crippen molar-refractivity contribution in [3.8, 4) is 50.6 Å². The summed E-state index contributed by atoms with van der Waals surface area (Å²) in [7, 11) is 0. The monoisotopic (exact) mass is 701 g/mol. The van der Waals surface area contributed by atoms with Gasteiger partial charge in [-0.15, -0.1) is 0 Å². The summed E-state index contributed by atoms with van der Waals surface area (Å²) >= 11 is 0. The van der Waals surface area contributed by atoms with Crippen molar-refractivity contribution >= 4 is 54.1 Å². The fraction of sp³-hybridized carbons (Fsp3) is 0. The molecule has 0 fully saturated rings. The van der Waals surface area contributed by atoms with Gasteiger partial charge in [0.05, 0.1) is 28.6 Å². The lowest BCUT2D eigenvalue weighted by atomic mass is 9.86. The largest absolute Gasteiger partial charge is 0.292 e. The molecule has 5 aromatic heterocycles. The molecule has 5 heteroatoms. The molecule has 0 unspecified atom stereocenters. The Bertz CT molecular complexity index is 3150. The van der Waals surface area contributed by atoms with E-state index in [1.54, 1.807) is 6.20 Å². The SMILES string of the molecule is c1cncc(-c2cc(-c3ccc(-n4c5ccccc5c5ccncc54)nc3)cc(-c3c4ccccc4c(-c4ccc5ccccc5c4)c4ccccc34)n2)c1. The van der Waals surface area contributed by atoms with E-state index in [9.17, 15) is 0 Å². The van der Waals surface area contributed by atoms with Gasteiger partial charge in [-0.25, -0.2) is 9.97 Å². The van der Waals surface area contributed by atoms with E-state index in [-0.39, 0.29) is 0 Å². The zero-order valence-electron chi connectivity index (χ0n) is 29.6. The van der Waals surface area contributed by atoms with Crippen LogP contribution in [0.1, 0.15) is 0 Å². The molecule has 6 aromatic carbocycles. The molecule has 0 radical (unpaired) electrons. The molecule has 0 amide bonds. The van der Waals surface area contributed by atoms with Crippen LogP contribution in [0.5, 0.6) is 0 Å². The highest BCUT2D eigenvalue weighted by atomic mass is 15.1. The molecular weight excluding hydrogens is 671 g/mol. The molecule has 11 aromatic rings. The van der Waals surface area contributed by atoms with Crippen LogP contribution in [0.4, 0.5) is 0 Å². The van der Waals surface area contributed by atoms with Gasteiger partial charge in [-0.1, -0.05) is 103 Å². The van der Waals surface area contributed by atoms with Gasteiger partial charge in [0.25, 0.3) is 0 Å². The summed E-state index contributed by atoms with van der Waals surface area (Å²) < 4.78 is 2.19. The van der Waals surface area contributed by atoms with Gasteiger partial charge >= 0.3 is 0 Å². The molecule has 0 saturated heterocycles. The zero-order chi connectivity index (χ0) is 36.3. The first-order chi connectivity index (χ1) is 27.3. The van der Waals surface area contributed by atoms with Crippen LogP contribution in [-0.4, -0.2) is 24.5 Å². The van der Waals surface area contributed by atoms with Crippen molar-refractivity contribution in [1.29, 1.82) is 0 Å². The molecule has 55 heavy (non-hydrogen) atoms. The number of para-hydroxylation sites is 1. The lowest BCUT2D eigenvalue weighted by Gasteiger charge is -2.18. The second-order valence-electron chi connectivity index (χ2n) is 13.9. The minimum atomic E-state index is 0.839. The number of aromatic nitrogens is 5. The summed E-state index contributed by atoms with van der Waals surface area (Å²) in [5, 5.41) is 9.47. The number of fused-ring (bicyclic) bond motifs is 6. The predicted octanol–water partition coefficient (Wildman–Crippen LogP) is 12.5. The summed E-state index contributed by atoms with van der Waals surface area (Å²) in [5.74, 6) is 0.839. The van der Waals surface area contributed by atoms with Gasteiger partial charge in [-0.05, 0) is 104 Å². The third-order valence-electron chi connectivity index (χ3n) is 10.8. The number of rotatable bonds is 5. The normalized spacial score (nSPS) is 11.6. The first-order valence-corrected chi connectivity index (χ1v) is 18.4. The molecule has 0 saturated carbocycles. The van der Waals surface area contributed by atoms with Gasteiger partial charge in [-0.3, -0.25) is 14.5 Å². The summed E-state index contributed by atoms with van der Waals surface area (Å²) in [4.78, 5) is 19.4. The average molecular weight is 702 g/mol. The van der Waals surface area contributed by atoms with E-state index in [0.717, 1.165) is 66.7 Å². The topological polar surface area (TPSA) is 56.5 Å². The highest BCUT2D eigenvalue weighted by Crippen LogP contribution is 2.45. The van der Waals surface area contributed by atoms with E-state index < -0.39 is 0 Å². The van der Waals surface area contributed by atoms with Crippen LogP contribution < -0.4 is 0 Å². The Kier molecular flexibility index (Phi) is 7.10. The molecule has 256 valence electrons. The summed E-state index contributed by atoms with van der Waals surface area (Å²) in [6.45, 7) is 0. The van der Waals surface area contributed by atoms with Gasteiger partial charge in [0.1, 0.15) is 5.82 Å². The molecule has 0 N–H and O–H groups in total. The van der Waals surface area contributed by atoms with Crippen molar-refractivity contribution < 1.29 is 0 Å². The Morgan fingerprint density at radius 3 is 1.76 bits per heavy atom. The standard InChI is InChI=1S/C50H31N5/c1-2-11-33-26-34(20-19-32(33)10-1)49-40-14-3-5-16-42(40)50(43-17-6-4-15-41(43)49)45-28-37(27-44(54-45)36-12-9-24-51-29-36)35-21-22-48(53-30-35)55-46-18-8-7-13-38(46)39-23-25-52-31-47(39)55/h1-31H. The van der Waals surface area contributed by atoms with Gasteiger partial charge in [0, 0.05) is 52.3 Å². The van der Waals surface area contributed by atoms with Crippen molar-refractivity contribution in [3.63, 3.8) is 0 Å². The summed E-state index contributed by atoms with van der Waals surface area (Å²) in [6, 6.07) is 56.0. The molecule has 0 spiro atoms. The van der Waals surface area contributed by atoms with E-state index in [2.05, 4.69) is 166 Å². The van der Waals surface area contributed by atoms with Gasteiger partial charge < -0.3 is 0 Å². The predicted molar refractivity (Wildman–Crippen MR) is 226 cm³/mol. The van der Waals surface area contributed by atoms with E-state index in [4.69, 9.17) is 9.97 Å². The quantitative estimate of drug-likeness (QED) is 0.168. The second kappa shape index (κ2) is 12.6. The Labute approximate surface area is 316 Å². The average Bonchev–Trinajstić information content (AvgIpc) is 3.60. The maximum absolute atomic E-state index is 5.40. The molecular formula is C50H31N5. The van der Waals surface area contributed by atoms with Crippen molar-refractivity contribution in [2.75, 3.05) is 0 Å². The number of pyridine rings is 4. The van der Waals surface area contributed by atoms with Crippen LogP contribution in [0, 0.1) is 0 Å². The summed E-state index contributed by atoms with van der Waals surface area (Å²) in [6.07, 6.45) is 9.41. The third kappa shape index (κ3) is 5.09. The molecule has 0 aliphatic heterocycles. The number of hydrogen-bond donors (Lipinski definition) is 0. The number of hydrogen-bond acceptors (Lipinski definition) is 4. The maximum Gasteiger partial charge on any atom is 0.137 e. The Morgan fingerprint density at radius 2 is 1.02 bits per heavy atom. The van der Waals surface area contributed by atoms with Gasteiger partial charge in [0.15, 0.2) is 0 Å². The Balaban J connectivity index is 1.13. The van der Waals surface area contributed by atoms with E-state index in [1.807, 2.05) is 30.9 Å². The molecule has 11 rings (SSSR count). The smallest absolute Gasteiger partial charge is 0.137 e. The van der Waals surface area contributed by atoms with E-state index in [0.29, 0.717) is 0 Å². The zero-order valence-corrected chi connectivity index (χ0v) is 29.6. The minimum Gasteiger partial charge on any atom is -0.292 e. The molecule has 0 aliphatic carbocycles. The number of nitrogens with zero attached hydrogens (tertiary/aromatic N) is 5. The van der Waals surface area contributed by atoms with E-state index >= 15 is 0 Å². The van der Waals surface area contributed by atoms with Crippen molar-refractivity contribution in [2.24, 2.45) is 0 Å². The van der Waals surface area contributed by atoms with Crippen molar-refractivity contribution in [2.45, 2.75) is 0 Å². The third-order valence-corrected chi connectivity index (χ3v) is 10.8. The molecule has 0 atom stereocenters. The van der Waals surface area contributed by atoms with Crippen LogP contribution in [0.25, 0.3) is 105 Å². The molecule has 0 aliphatic rings.